The zero-order chi connectivity index (χ0) is 21.6. The second kappa shape index (κ2) is 9.44. The molecule has 4 aromatic rings. The van der Waals surface area contributed by atoms with Crippen molar-refractivity contribution in [3.8, 4) is 17.0 Å². The molecule has 0 amide bonds. The van der Waals surface area contributed by atoms with Crippen LogP contribution in [0.3, 0.4) is 0 Å². The SMILES string of the molecule is Fc1ccc(C=NNc2nc(-c3ccccc3)cs2)c(OCc2ccc(F)c(F)c2)c1. The summed E-state index contributed by atoms with van der Waals surface area (Å²) in [5.74, 6) is -2.17. The fraction of sp³-hybridized carbons (Fsp3) is 0.0435. The molecule has 0 fully saturated rings. The highest BCUT2D eigenvalue weighted by molar-refractivity contribution is 7.14. The maximum absolute atomic E-state index is 13.7. The van der Waals surface area contributed by atoms with Crippen molar-refractivity contribution in [3.63, 3.8) is 0 Å². The third-order valence-corrected chi connectivity index (χ3v) is 5.04. The first-order valence-electron chi connectivity index (χ1n) is 9.25. The lowest BCUT2D eigenvalue weighted by Crippen LogP contribution is -2.01. The molecular formula is C23H16F3N3OS. The van der Waals surface area contributed by atoms with E-state index in [0.717, 1.165) is 23.4 Å². The first-order valence-corrected chi connectivity index (χ1v) is 10.1. The number of hydrogen-bond donors (Lipinski definition) is 1. The first-order chi connectivity index (χ1) is 15.1. The van der Waals surface area contributed by atoms with Crippen molar-refractivity contribution in [2.24, 2.45) is 5.10 Å². The Hall–Kier alpha value is -3.65. The van der Waals surface area contributed by atoms with Gasteiger partial charge in [0.05, 0.1) is 11.9 Å². The molecule has 3 aromatic carbocycles. The minimum atomic E-state index is -0.968. The minimum absolute atomic E-state index is 0.0537. The predicted octanol–water partition coefficient (Wildman–Crippen LogP) is 6.25. The third-order valence-electron chi connectivity index (χ3n) is 4.29. The van der Waals surface area contributed by atoms with Gasteiger partial charge in [0.15, 0.2) is 11.6 Å². The summed E-state index contributed by atoms with van der Waals surface area (Å²) < 4.78 is 45.7. The van der Waals surface area contributed by atoms with Gasteiger partial charge in [0, 0.05) is 22.6 Å². The summed E-state index contributed by atoms with van der Waals surface area (Å²) in [5.41, 5.74) is 5.61. The largest absolute Gasteiger partial charge is 0.488 e. The molecular weight excluding hydrogens is 423 g/mol. The Morgan fingerprint density at radius 3 is 2.61 bits per heavy atom. The number of rotatable bonds is 7. The van der Waals surface area contributed by atoms with E-state index in [4.69, 9.17) is 4.74 Å². The number of benzene rings is 3. The molecule has 0 unspecified atom stereocenters. The van der Waals surface area contributed by atoms with Gasteiger partial charge in [0.1, 0.15) is 18.2 Å². The van der Waals surface area contributed by atoms with E-state index in [9.17, 15) is 13.2 Å². The Bertz CT molecular complexity index is 1210. The number of thiazole rings is 1. The molecule has 0 aliphatic carbocycles. The van der Waals surface area contributed by atoms with E-state index in [-0.39, 0.29) is 12.4 Å². The topological polar surface area (TPSA) is 46.5 Å². The van der Waals surface area contributed by atoms with Gasteiger partial charge < -0.3 is 4.74 Å². The molecule has 0 saturated heterocycles. The van der Waals surface area contributed by atoms with E-state index in [1.54, 1.807) is 0 Å². The molecule has 0 spiro atoms. The molecule has 156 valence electrons. The van der Waals surface area contributed by atoms with Crippen LogP contribution in [-0.4, -0.2) is 11.2 Å². The van der Waals surface area contributed by atoms with Crippen LogP contribution in [0.25, 0.3) is 11.3 Å². The number of hydrogen-bond acceptors (Lipinski definition) is 5. The summed E-state index contributed by atoms with van der Waals surface area (Å²) >= 11 is 1.40. The van der Waals surface area contributed by atoms with Crippen LogP contribution < -0.4 is 10.2 Å². The van der Waals surface area contributed by atoms with Gasteiger partial charge in [-0.3, -0.25) is 5.43 Å². The van der Waals surface area contributed by atoms with Gasteiger partial charge in [0.25, 0.3) is 0 Å². The summed E-state index contributed by atoms with van der Waals surface area (Å²) in [6, 6.07) is 17.2. The van der Waals surface area contributed by atoms with Crippen molar-refractivity contribution >= 4 is 22.7 Å². The van der Waals surface area contributed by atoms with Gasteiger partial charge in [-0.25, -0.2) is 18.2 Å². The summed E-state index contributed by atoms with van der Waals surface area (Å²) in [6.07, 6.45) is 1.48. The summed E-state index contributed by atoms with van der Waals surface area (Å²) in [6.45, 7) is -0.0537. The third kappa shape index (κ3) is 5.29. The maximum Gasteiger partial charge on any atom is 0.203 e. The Labute approximate surface area is 180 Å². The zero-order valence-corrected chi connectivity index (χ0v) is 16.9. The molecule has 0 saturated carbocycles. The zero-order valence-electron chi connectivity index (χ0n) is 16.1. The summed E-state index contributed by atoms with van der Waals surface area (Å²) in [7, 11) is 0. The molecule has 0 bridgehead atoms. The molecule has 8 heteroatoms. The average Bonchev–Trinajstić information content (AvgIpc) is 3.25. The monoisotopic (exact) mass is 439 g/mol. The lowest BCUT2D eigenvalue weighted by Gasteiger charge is -2.09. The number of anilines is 1. The Morgan fingerprint density at radius 2 is 1.81 bits per heavy atom. The molecule has 0 aliphatic heterocycles. The second-order valence-corrected chi connectivity index (χ2v) is 7.35. The maximum atomic E-state index is 13.7. The molecule has 1 N–H and O–H groups in total. The van der Waals surface area contributed by atoms with Gasteiger partial charge in [-0.1, -0.05) is 36.4 Å². The highest BCUT2D eigenvalue weighted by Gasteiger charge is 2.08. The smallest absolute Gasteiger partial charge is 0.203 e. The van der Waals surface area contributed by atoms with Crippen LogP contribution in [0.5, 0.6) is 5.75 Å². The molecule has 1 aromatic heterocycles. The fourth-order valence-corrected chi connectivity index (χ4v) is 3.42. The highest BCUT2D eigenvalue weighted by atomic mass is 32.1. The van der Waals surface area contributed by atoms with E-state index in [1.807, 2.05) is 35.7 Å². The standard InChI is InChI=1S/C23H16F3N3OS/c24-18-8-7-17(22(11-18)30-13-15-6-9-19(25)20(26)10-15)12-27-29-23-28-21(14-31-23)16-4-2-1-3-5-16/h1-12,14H,13H2,(H,28,29). The number of nitrogens with one attached hydrogen (secondary N) is 1. The molecule has 4 rings (SSSR count). The number of nitrogens with zero attached hydrogens (tertiary/aromatic N) is 2. The number of hydrazone groups is 1. The Kier molecular flexibility index (Phi) is 6.28. The van der Waals surface area contributed by atoms with Crippen molar-refractivity contribution in [3.05, 3.63) is 101 Å². The van der Waals surface area contributed by atoms with Crippen LogP contribution in [0, 0.1) is 17.5 Å². The van der Waals surface area contributed by atoms with Crippen molar-refractivity contribution in [2.45, 2.75) is 6.61 Å². The molecule has 1 heterocycles. The lowest BCUT2D eigenvalue weighted by atomic mass is 10.2. The van der Waals surface area contributed by atoms with Gasteiger partial charge in [-0.15, -0.1) is 11.3 Å². The Balaban J connectivity index is 1.44. The quantitative estimate of drug-likeness (QED) is 0.273. The number of aromatic nitrogens is 1. The van der Waals surface area contributed by atoms with Crippen LogP contribution in [0.1, 0.15) is 11.1 Å². The summed E-state index contributed by atoms with van der Waals surface area (Å²) in [4.78, 5) is 4.48. The first kappa shape index (κ1) is 20.6. The van der Waals surface area contributed by atoms with Crippen molar-refractivity contribution in [2.75, 3.05) is 5.43 Å². The predicted molar refractivity (Wildman–Crippen MR) is 116 cm³/mol. The van der Waals surface area contributed by atoms with E-state index in [1.165, 1.54) is 41.8 Å². The number of halogens is 3. The van der Waals surface area contributed by atoms with E-state index in [0.29, 0.717) is 16.3 Å². The van der Waals surface area contributed by atoms with Gasteiger partial charge in [0.2, 0.25) is 5.13 Å². The van der Waals surface area contributed by atoms with Crippen LogP contribution in [0.15, 0.2) is 77.2 Å². The van der Waals surface area contributed by atoms with Crippen LogP contribution in [0.2, 0.25) is 0 Å². The number of ether oxygens (including phenoxy) is 1. The molecule has 0 aliphatic rings. The van der Waals surface area contributed by atoms with Crippen molar-refractivity contribution in [1.82, 2.24) is 4.98 Å². The van der Waals surface area contributed by atoms with E-state index < -0.39 is 17.5 Å². The van der Waals surface area contributed by atoms with Crippen molar-refractivity contribution < 1.29 is 17.9 Å². The van der Waals surface area contributed by atoms with E-state index >= 15 is 0 Å². The van der Waals surface area contributed by atoms with Gasteiger partial charge in [-0.2, -0.15) is 5.10 Å². The fourth-order valence-electron chi connectivity index (χ4n) is 2.75. The van der Waals surface area contributed by atoms with Gasteiger partial charge in [-0.05, 0) is 29.8 Å². The minimum Gasteiger partial charge on any atom is -0.488 e. The molecule has 4 nitrogen and oxygen atoms in total. The lowest BCUT2D eigenvalue weighted by molar-refractivity contribution is 0.303. The van der Waals surface area contributed by atoms with Crippen molar-refractivity contribution in [1.29, 1.82) is 0 Å². The Morgan fingerprint density at radius 1 is 0.968 bits per heavy atom. The van der Waals surface area contributed by atoms with Gasteiger partial charge >= 0.3 is 0 Å². The average molecular weight is 439 g/mol. The van der Waals surface area contributed by atoms with Crippen LogP contribution >= 0.6 is 11.3 Å². The van der Waals surface area contributed by atoms with E-state index in [2.05, 4.69) is 15.5 Å². The molecule has 0 radical (unpaired) electrons. The van der Waals surface area contributed by atoms with Crippen LogP contribution in [-0.2, 0) is 6.61 Å². The summed E-state index contributed by atoms with van der Waals surface area (Å²) in [5, 5.41) is 6.67. The van der Waals surface area contributed by atoms with Crippen LogP contribution in [0.4, 0.5) is 18.3 Å². The normalized spacial score (nSPS) is 11.1. The molecule has 31 heavy (non-hydrogen) atoms. The highest BCUT2D eigenvalue weighted by Crippen LogP contribution is 2.25. The second-order valence-electron chi connectivity index (χ2n) is 6.49. The molecule has 0 atom stereocenters.